The lowest BCUT2D eigenvalue weighted by Gasteiger charge is -2.39. The van der Waals surface area contributed by atoms with Crippen LogP contribution in [0.1, 0.15) is 47.4 Å². The Kier molecular flexibility index (Phi) is 7.26. The third kappa shape index (κ3) is 5.84. The number of nitrogens with zero attached hydrogens (tertiary/aromatic N) is 1. The molecule has 1 unspecified atom stereocenters. The number of halogens is 7. The fraction of sp³-hybridized carbons (Fsp3) is 0.464. The van der Waals surface area contributed by atoms with E-state index < -0.39 is 48.1 Å². The van der Waals surface area contributed by atoms with Crippen LogP contribution in [-0.4, -0.2) is 41.1 Å². The molecule has 0 aromatic heterocycles. The number of benzene rings is 2. The number of aliphatic hydroxyl groups excluding tert-OH is 1. The molecule has 0 amide bonds. The first kappa shape index (κ1) is 27.6. The SMILES string of the molecule is O=C1C=C(N2C[C@H]3CC[C@H](OCc4cc(C(F)(F)F)cc(C(F)(F)F)c4)[C@@H](c4ccc(F)cc4)[C@@H]3C2)CC1O. The molecule has 1 saturated heterocycles. The Hall–Kier alpha value is -2.92. The zero-order chi connectivity index (χ0) is 28.1. The highest BCUT2D eigenvalue weighted by molar-refractivity contribution is 5.96. The molecule has 2 aromatic carbocycles. The van der Waals surface area contributed by atoms with E-state index in [-0.39, 0.29) is 41.6 Å². The number of ether oxygens (including phenoxy) is 1. The van der Waals surface area contributed by atoms with Crippen LogP contribution in [0.2, 0.25) is 0 Å². The van der Waals surface area contributed by atoms with E-state index in [1.807, 2.05) is 4.90 Å². The van der Waals surface area contributed by atoms with Gasteiger partial charge in [-0.1, -0.05) is 12.1 Å². The van der Waals surface area contributed by atoms with Crippen LogP contribution in [0, 0.1) is 17.7 Å². The number of aliphatic hydroxyl groups is 1. The van der Waals surface area contributed by atoms with Gasteiger partial charge in [0.05, 0.1) is 23.8 Å². The Balaban J connectivity index is 1.41. The quantitative estimate of drug-likeness (QED) is 0.452. The monoisotopic (exact) mass is 557 g/mol. The number of carbonyl (C=O) groups excluding carboxylic acids is 1. The summed E-state index contributed by atoms with van der Waals surface area (Å²) in [4.78, 5) is 13.9. The van der Waals surface area contributed by atoms with Crippen molar-refractivity contribution in [3.8, 4) is 0 Å². The fourth-order valence-corrected chi connectivity index (χ4v) is 6.16. The number of hydrogen-bond donors (Lipinski definition) is 1. The maximum absolute atomic E-state index is 13.7. The van der Waals surface area contributed by atoms with Gasteiger partial charge in [-0.3, -0.25) is 4.79 Å². The summed E-state index contributed by atoms with van der Waals surface area (Å²) in [7, 11) is 0. The Morgan fingerprint density at radius 3 is 2.13 bits per heavy atom. The normalized spacial score (nSPS) is 27.6. The molecule has 2 aromatic rings. The molecule has 0 spiro atoms. The number of hydrogen-bond acceptors (Lipinski definition) is 4. The molecule has 1 saturated carbocycles. The first-order chi connectivity index (χ1) is 18.3. The lowest BCUT2D eigenvalue weighted by Crippen LogP contribution is -2.37. The van der Waals surface area contributed by atoms with E-state index in [0.717, 1.165) is 11.3 Å². The number of ketones is 1. The molecular weight excluding hydrogens is 531 g/mol. The van der Waals surface area contributed by atoms with E-state index in [9.17, 15) is 40.6 Å². The minimum atomic E-state index is -4.96. The largest absolute Gasteiger partial charge is 0.416 e. The molecule has 0 bridgehead atoms. The summed E-state index contributed by atoms with van der Waals surface area (Å²) >= 11 is 0. The molecule has 5 rings (SSSR count). The number of fused-ring (bicyclic) bond motifs is 1. The minimum absolute atomic E-state index is 0.0183. The first-order valence-electron chi connectivity index (χ1n) is 12.6. The molecule has 0 radical (unpaired) electrons. The molecule has 1 heterocycles. The van der Waals surface area contributed by atoms with Gasteiger partial charge in [-0.25, -0.2) is 4.39 Å². The average molecular weight is 558 g/mol. The van der Waals surface area contributed by atoms with Crippen molar-refractivity contribution < 1.29 is 45.4 Å². The highest BCUT2D eigenvalue weighted by Crippen LogP contribution is 2.48. The summed E-state index contributed by atoms with van der Waals surface area (Å²) < 4.78 is 99.7. The van der Waals surface area contributed by atoms with Crippen molar-refractivity contribution in [2.24, 2.45) is 11.8 Å². The van der Waals surface area contributed by atoms with Crippen LogP contribution in [-0.2, 0) is 28.5 Å². The predicted molar refractivity (Wildman–Crippen MR) is 126 cm³/mol. The van der Waals surface area contributed by atoms with E-state index >= 15 is 0 Å². The van der Waals surface area contributed by atoms with Crippen LogP contribution in [0.25, 0.3) is 0 Å². The maximum Gasteiger partial charge on any atom is 0.416 e. The Morgan fingerprint density at radius 1 is 0.923 bits per heavy atom. The third-order valence-electron chi connectivity index (χ3n) is 7.99. The highest BCUT2D eigenvalue weighted by Gasteiger charge is 2.47. The van der Waals surface area contributed by atoms with Gasteiger partial charge < -0.3 is 14.7 Å². The van der Waals surface area contributed by atoms with Crippen LogP contribution in [0.4, 0.5) is 30.7 Å². The van der Waals surface area contributed by atoms with Crippen molar-refractivity contribution in [3.05, 3.63) is 82.3 Å². The average Bonchev–Trinajstić information content (AvgIpc) is 3.44. The molecule has 1 N–H and O–H groups in total. The van der Waals surface area contributed by atoms with Gasteiger partial charge >= 0.3 is 12.4 Å². The standard InChI is InChI=1S/C28H26F7NO3/c29-20-4-1-16(2-5-20)26-22-13-36(21-10-23(37)24(38)11-21)12-17(22)3-6-25(26)39-14-15-7-18(27(30,31)32)9-19(8-15)28(33,34)35/h1-2,4-5,7-10,17,22,24-26,38H,3,6,11-14H2/t17-,22-,24?,25+,26+/m1/s1. The lowest BCUT2D eigenvalue weighted by molar-refractivity contribution is -0.143. The Morgan fingerprint density at radius 2 is 1.56 bits per heavy atom. The second-order valence-electron chi connectivity index (χ2n) is 10.5. The van der Waals surface area contributed by atoms with Gasteiger partial charge in [-0.2, -0.15) is 26.3 Å². The summed E-state index contributed by atoms with van der Waals surface area (Å²) in [6.45, 7) is 0.714. The molecule has 1 aliphatic heterocycles. The summed E-state index contributed by atoms with van der Waals surface area (Å²) in [5.41, 5.74) is -1.55. The molecule has 3 aliphatic rings. The van der Waals surface area contributed by atoms with Crippen LogP contribution in [0.15, 0.2) is 54.2 Å². The highest BCUT2D eigenvalue weighted by atomic mass is 19.4. The number of alkyl halides is 6. The molecule has 5 atom stereocenters. The zero-order valence-corrected chi connectivity index (χ0v) is 20.6. The molecular formula is C28H26F7NO3. The summed E-state index contributed by atoms with van der Waals surface area (Å²) in [6.07, 6.45) is -8.66. The topological polar surface area (TPSA) is 49.8 Å². The van der Waals surface area contributed by atoms with Crippen molar-refractivity contribution in [1.29, 1.82) is 0 Å². The first-order valence-corrected chi connectivity index (χ1v) is 12.6. The van der Waals surface area contributed by atoms with Crippen molar-refractivity contribution in [3.63, 3.8) is 0 Å². The van der Waals surface area contributed by atoms with Gasteiger partial charge in [0.25, 0.3) is 0 Å². The number of likely N-dealkylation sites (tertiary alicyclic amines) is 1. The number of carbonyl (C=O) groups is 1. The van der Waals surface area contributed by atoms with Gasteiger partial charge in [0.15, 0.2) is 5.78 Å². The lowest BCUT2D eigenvalue weighted by atomic mass is 9.69. The number of rotatable bonds is 5. The molecule has 4 nitrogen and oxygen atoms in total. The predicted octanol–water partition coefficient (Wildman–Crippen LogP) is 6.09. The maximum atomic E-state index is 13.7. The van der Waals surface area contributed by atoms with Crippen LogP contribution in [0.3, 0.4) is 0 Å². The van der Waals surface area contributed by atoms with E-state index in [0.29, 0.717) is 38.1 Å². The van der Waals surface area contributed by atoms with Gasteiger partial charge in [0, 0.05) is 37.2 Å². The molecule has 11 heteroatoms. The van der Waals surface area contributed by atoms with Crippen molar-refractivity contribution >= 4 is 5.78 Å². The summed E-state index contributed by atoms with van der Waals surface area (Å²) in [6, 6.07) is 7.27. The van der Waals surface area contributed by atoms with Crippen molar-refractivity contribution in [2.75, 3.05) is 13.1 Å². The van der Waals surface area contributed by atoms with Crippen LogP contribution in [0.5, 0.6) is 0 Å². The van der Waals surface area contributed by atoms with E-state index in [1.54, 1.807) is 12.1 Å². The molecule has 2 fully saturated rings. The smallest absolute Gasteiger partial charge is 0.385 e. The van der Waals surface area contributed by atoms with E-state index in [2.05, 4.69) is 0 Å². The van der Waals surface area contributed by atoms with Gasteiger partial charge in [-0.15, -0.1) is 0 Å². The summed E-state index contributed by atoms with van der Waals surface area (Å²) in [5.74, 6) is -0.932. The molecule has 2 aliphatic carbocycles. The zero-order valence-electron chi connectivity index (χ0n) is 20.6. The van der Waals surface area contributed by atoms with Crippen molar-refractivity contribution in [1.82, 2.24) is 4.90 Å². The van der Waals surface area contributed by atoms with Crippen LogP contribution >= 0.6 is 0 Å². The minimum Gasteiger partial charge on any atom is -0.385 e. The van der Waals surface area contributed by atoms with Gasteiger partial charge in [0.2, 0.25) is 0 Å². The van der Waals surface area contributed by atoms with Crippen LogP contribution < -0.4 is 0 Å². The van der Waals surface area contributed by atoms with E-state index in [4.69, 9.17) is 4.74 Å². The fourth-order valence-electron chi connectivity index (χ4n) is 6.16. The second-order valence-corrected chi connectivity index (χ2v) is 10.5. The van der Waals surface area contributed by atoms with Crippen molar-refractivity contribution in [2.45, 2.75) is 56.3 Å². The Bertz CT molecular complexity index is 1220. The third-order valence-corrected chi connectivity index (χ3v) is 7.99. The molecule has 210 valence electrons. The van der Waals surface area contributed by atoms with Gasteiger partial charge in [-0.05, 0) is 66.1 Å². The summed E-state index contributed by atoms with van der Waals surface area (Å²) in [5, 5.41) is 9.88. The Labute approximate surface area is 220 Å². The van der Waals surface area contributed by atoms with Gasteiger partial charge in [0.1, 0.15) is 11.9 Å². The second kappa shape index (κ2) is 10.2. The molecule has 39 heavy (non-hydrogen) atoms. The van der Waals surface area contributed by atoms with E-state index in [1.165, 1.54) is 18.2 Å².